The zero-order chi connectivity index (χ0) is 21.6. The van der Waals surface area contributed by atoms with Crippen LogP contribution in [0.5, 0.6) is 0 Å². The molecule has 0 spiro atoms. The van der Waals surface area contributed by atoms with Crippen molar-refractivity contribution >= 4 is 15.9 Å². The summed E-state index contributed by atoms with van der Waals surface area (Å²) in [7, 11) is -2.22. The lowest BCUT2D eigenvalue weighted by molar-refractivity contribution is -0.138. The number of alkyl halides is 3. The van der Waals surface area contributed by atoms with Crippen molar-refractivity contribution in [2.24, 2.45) is 11.1 Å². The van der Waals surface area contributed by atoms with Crippen molar-refractivity contribution in [3.8, 4) is 0 Å². The number of nitrogens with two attached hydrogens (primary N) is 1. The van der Waals surface area contributed by atoms with E-state index in [9.17, 15) is 26.4 Å². The average Bonchev–Trinajstić information content (AvgIpc) is 3.45. The zero-order valence-corrected chi connectivity index (χ0v) is 16.7. The normalized spacial score (nSPS) is 20.2. The van der Waals surface area contributed by atoms with Crippen LogP contribution in [0.4, 0.5) is 13.2 Å². The van der Waals surface area contributed by atoms with E-state index in [2.05, 4.69) is 0 Å². The predicted octanol–water partition coefficient (Wildman–Crippen LogP) is 3.68. The first kappa shape index (κ1) is 21.3. The minimum atomic E-state index is -4.46. The van der Waals surface area contributed by atoms with Crippen molar-refractivity contribution in [3.05, 3.63) is 65.2 Å². The first-order chi connectivity index (χ1) is 13.4. The maximum atomic E-state index is 13.2. The van der Waals surface area contributed by atoms with Gasteiger partial charge in [0.1, 0.15) is 0 Å². The fourth-order valence-corrected chi connectivity index (χ4v) is 4.02. The molecule has 1 amide bonds. The van der Waals surface area contributed by atoms with Crippen LogP contribution < -0.4 is 5.14 Å². The largest absolute Gasteiger partial charge is 0.416 e. The van der Waals surface area contributed by atoms with Crippen molar-refractivity contribution in [1.82, 2.24) is 4.90 Å². The van der Waals surface area contributed by atoms with Crippen molar-refractivity contribution in [3.63, 3.8) is 0 Å². The van der Waals surface area contributed by atoms with Gasteiger partial charge in [-0.2, -0.15) is 13.2 Å². The van der Waals surface area contributed by atoms with Crippen molar-refractivity contribution < 1.29 is 26.4 Å². The van der Waals surface area contributed by atoms with Crippen LogP contribution in [0.25, 0.3) is 0 Å². The number of primary sulfonamides is 1. The second kappa shape index (κ2) is 7.46. The molecule has 9 heteroatoms. The van der Waals surface area contributed by atoms with E-state index in [0.717, 1.165) is 6.07 Å². The molecule has 29 heavy (non-hydrogen) atoms. The minimum absolute atomic E-state index is 0.0338. The fraction of sp³-hybridized carbons (Fsp3) is 0.350. The van der Waals surface area contributed by atoms with Gasteiger partial charge in [-0.15, -0.1) is 0 Å². The van der Waals surface area contributed by atoms with E-state index in [1.807, 2.05) is 0 Å². The first-order valence-corrected chi connectivity index (χ1v) is 10.5. The van der Waals surface area contributed by atoms with Gasteiger partial charge in [0.2, 0.25) is 15.9 Å². The summed E-state index contributed by atoms with van der Waals surface area (Å²) in [5.41, 5.74) is 0.146. The Balaban J connectivity index is 1.74. The maximum absolute atomic E-state index is 13.2. The number of hydrogen-bond donors (Lipinski definition) is 1. The summed E-state index contributed by atoms with van der Waals surface area (Å²) in [6, 6.07) is 10.8. The highest BCUT2D eigenvalue weighted by Gasteiger charge is 2.49. The Bertz CT molecular complexity index is 1020. The van der Waals surface area contributed by atoms with E-state index in [1.54, 1.807) is 32.2 Å². The third kappa shape index (κ3) is 4.45. The van der Waals surface area contributed by atoms with Crippen molar-refractivity contribution in [2.75, 3.05) is 7.05 Å². The van der Waals surface area contributed by atoms with Crippen LogP contribution in [-0.4, -0.2) is 26.3 Å². The summed E-state index contributed by atoms with van der Waals surface area (Å²) in [6.45, 7) is 1.77. The Morgan fingerprint density at radius 3 is 2.28 bits per heavy atom. The molecule has 1 aliphatic carbocycles. The molecular weight excluding hydrogens is 405 g/mol. The highest BCUT2D eigenvalue weighted by molar-refractivity contribution is 7.89. The third-order valence-corrected chi connectivity index (χ3v) is 6.32. The molecule has 3 rings (SSSR count). The molecule has 0 radical (unpaired) electrons. The van der Waals surface area contributed by atoms with Crippen LogP contribution >= 0.6 is 0 Å². The molecule has 0 heterocycles. The minimum Gasteiger partial charge on any atom is -0.339 e. The summed E-state index contributed by atoms with van der Waals surface area (Å²) < 4.78 is 62.4. The molecule has 0 aliphatic heterocycles. The van der Waals surface area contributed by atoms with Gasteiger partial charge < -0.3 is 4.90 Å². The molecule has 3 unspecified atom stereocenters. The SMILES string of the molecule is CC(c1ccc(S(N)(=O)=O)cc1)N(C)C(=O)C1CC1c1ccccc1C(F)(F)F. The molecule has 156 valence electrons. The Morgan fingerprint density at radius 2 is 1.72 bits per heavy atom. The van der Waals surface area contributed by atoms with Gasteiger partial charge >= 0.3 is 6.18 Å². The number of hydrogen-bond acceptors (Lipinski definition) is 3. The molecule has 2 aromatic rings. The van der Waals surface area contributed by atoms with Crippen molar-refractivity contribution in [2.45, 2.75) is 36.4 Å². The number of benzene rings is 2. The van der Waals surface area contributed by atoms with Crippen LogP contribution in [0.15, 0.2) is 53.4 Å². The van der Waals surface area contributed by atoms with Gasteiger partial charge in [-0.25, -0.2) is 13.6 Å². The van der Waals surface area contributed by atoms with Crippen LogP contribution in [0, 0.1) is 5.92 Å². The number of halogens is 3. The van der Waals surface area contributed by atoms with Gasteiger partial charge in [0.05, 0.1) is 16.5 Å². The Morgan fingerprint density at radius 1 is 1.14 bits per heavy atom. The number of carbonyl (C=O) groups is 1. The van der Waals surface area contributed by atoms with E-state index in [1.165, 1.54) is 29.2 Å². The molecule has 1 aliphatic rings. The lowest BCUT2D eigenvalue weighted by Gasteiger charge is -2.26. The number of carbonyl (C=O) groups excluding carboxylic acids is 1. The van der Waals surface area contributed by atoms with E-state index in [4.69, 9.17) is 5.14 Å². The van der Waals surface area contributed by atoms with Crippen LogP contribution in [0.2, 0.25) is 0 Å². The van der Waals surface area contributed by atoms with Gasteiger partial charge in [0.25, 0.3) is 0 Å². The fourth-order valence-electron chi connectivity index (χ4n) is 3.50. The van der Waals surface area contributed by atoms with Crippen molar-refractivity contribution in [1.29, 1.82) is 0 Å². The molecule has 5 nitrogen and oxygen atoms in total. The van der Waals surface area contributed by atoms with Gasteiger partial charge in [0.15, 0.2) is 0 Å². The lowest BCUT2D eigenvalue weighted by Crippen LogP contribution is -2.31. The van der Waals surface area contributed by atoms with Crippen LogP contribution in [0.1, 0.15) is 42.0 Å². The molecule has 1 fully saturated rings. The Labute approximate surface area is 167 Å². The summed E-state index contributed by atoms with van der Waals surface area (Å²) in [5, 5.41) is 5.08. The maximum Gasteiger partial charge on any atom is 0.416 e. The number of rotatable bonds is 5. The molecule has 0 aromatic heterocycles. The van der Waals surface area contributed by atoms with Crippen LogP contribution in [0.3, 0.4) is 0 Å². The number of nitrogens with zero attached hydrogens (tertiary/aromatic N) is 1. The summed E-state index contributed by atoms with van der Waals surface area (Å²) in [4.78, 5) is 14.3. The predicted molar refractivity (Wildman–Crippen MR) is 101 cm³/mol. The first-order valence-electron chi connectivity index (χ1n) is 8.97. The molecule has 0 saturated heterocycles. The quantitative estimate of drug-likeness (QED) is 0.792. The average molecular weight is 426 g/mol. The van der Waals surface area contributed by atoms with Gasteiger partial charge in [-0.1, -0.05) is 30.3 Å². The molecule has 3 atom stereocenters. The Kier molecular flexibility index (Phi) is 5.48. The highest BCUT2D eigenvalue weighted by Crippen LogP contribution is 2.52. The van der Waals surface area contributed by atoms with E-state index < -0.39 is 33.6 Å². The molecular formula is C20H21F3N2O3S. The summed E-state index contributed by atoms with van der Waals surface area (Å²) >= 11 is 0. The second-order valence-electron chi connectivity index (χ2n) is 7.27. The lowest BCUT2D eigenvalue weighted by atomic mass is 10.0. The van der Waals surface area contributed by atoms with E-state index >= 15 is 0 Å². The standard InChI is InChI=1S/C20H21F3N2O3S/c1-12(13-7-9-14(10-8-13)29(24,27)28)25(2)19(26)17-11-16(17)15-5-3-4-6-18(15)20(21,22)23/h3-10,12,16-17H,11H2,1-2H3,(H2,24,27,28). The summed E-state index contributed by atoms with van der Waals surface area (Å²) in [5.74, 6) is -1.20. The molecule has 1 saturated carbocycles. The van der Waals surface area contributed by atoms with E-state index in [-0.39, 0.29) is 22.4 Å². The number of amides is 1. The molecule has 2 N–H and O–H groups in total. The second-order valence-corrected chi connectivity index (χ2v) is 8.83. The topological polar surface area (TPSA) is 80.5 Å². The summed E-state index contributed by atoms with van der Waals surface area (Å²) in [6.07, 6.45) is -4.09. The van der Waals surface area contributed by atoms with Gasteiger partial charge in [-0.3, -0.25) is 4.79 Å². The molecule has 0 bridgehead atoms. The van der Waals surface area contributed by atoms with Crippen LogP contribution in [-0.2, 0) is 21.0 Å². The monoisotopic (exact) mass is 426 g/mol. The Hall–Kier alpha value is -2.39. The smallest absolute Gasteiger partial charge is 0.339 e. The zero-order valence-electron chi connectivity index (χ0n) is 15.8. The van der Waals surface area contributed by atoms with Gasteiger partial charge in [0, 0.05) is 13.0 Å². The highest BCUT2D eigenvalue weighted by atomic mass is 32.2. The number of sulfonamides is 1. The van der Waals surface area contributed by atoms with Gasteiger partial charge in [-0.05, 0) is 48.6 Å². The molecule has 2 aromatic carbocycles. The van der Waals surface area contributed by atoms with E-state index in [0.29, 0.717) is 12.0 Å². The third-order valence-electron chi connectivity index (χ3n) is 5.39.